The molecule has 2 unspecified atom stereocenters. The number of benzene rings is 1. The third-order valence-corrected chi connectivity index (χ3v) is 4.82. The van der Waals surface area contributed by atoms with Crippen molar-refractivity contribution in [2.75, 3.05) is 19.5 Å². The first kappa shape index (κ1) is 17.7. The molecule has 0 radical (unpaired) electrons. The van der Waals surface area contributed by atoms with E-state index in [0.717, 1.165) is 6.07 Å². The van der Waals surface area contributed by atoms with E-state index in [9.17, 15) is 26.4 Å². The van der Waals surface area contributed by atoms with Crippen LogP contribution >= 0.6 is 0 Å². The highest BCUT2D eigenvalue weighted by molar-refractivity contribution is 7.90. The molecule has 0 saturated heterocycles. The van der Waals surface area contributed by atoms with Crippen molar-refractivity contribution < 1.29 is 31.1 Å². The average Bonchev–Trinajstić information content (AvgIpc) is 3.24. The normalized spacial score (nSPS) is 21.0. The van der Waals surface area contributed by atoms with Crippen molar-refractivity contribution in [2.24, 2.45) is 5.92 Å². The van der Waals surface area contributed by atoms with Crippen LogP contribution in [-0.2, 0) is 25.7 Å². The molecule has 1 N–H and O–H groups in total. The number of hydrogen-bond acceptors (Lipinski definition) is 4. The Bertz CT molecular complexity index is 688. The summed E-state index contributed by atoms with van der Waals surface area (Å²) in [5.41, 5.74) is -0.767. The molecule has 0 aromatic heterocycles. The van der Waals surface area contributed by atoms with Gasteiger partial charge in [0.1, 0.15) is 0 Å². The van der Waals surface area contributed by atoms with Crippen LogP contribution in [0.25, 0.3) is 0 Å². The van der Waals surface area contributed by atoms with Gasteiger partial charge in [-0.1, -0.05) is 18.2 Å². The zero-order valence-electron chi connectivity index (χ0n) is 12.3. The van der Waals surface area contributed by atoms with Gasteiger partial charge in [0.25, 0.3) is 0 Å². The van der Waals surface area contributed by atoms with Crippen LogP contribution in [0.5, 0.6) is 0 Å². The molecular weight excluding hydrogens is 335 g/mol. The number of amides is 1. The molecule has 1 aromatic carbocycles. The molecule has 5 nitrogen and oxygen atoms in total. The zero-order chi connectivity index (χ0) is 17.3. The molecule has 0 heterocycles. The van der Waals surface area contributed by atoms with Crippen LogP contribution < -0.4 is 4.72 Å². The quantitative estimate of drug-likeness (QED) is 0.850. The molecule has 1 aliphatic rings. The lowest BCUT2D eigenvalue weighted by Gasteiger charge is -2.12. The summed E-state index contributed by atoms with van der Waals surface area (Å²) in [4.78, 5) is 11.9. The maximum absolute atomic E-state index is 13.0. The molecule has 1 saturated carbocycles. The molecule has 2 rings (SSSR count). The molecule has 9 heteroatoms. The Labute approximate surface area is 131 Å². The van der Waals surface area contributed by atoms with Crippen molar-refractivity contribution in [3.8, 4) is 0 Å². The van der Waals surface area contributed by atoms with Crippen molar-refractivity contribution in [1.29, 1.82) is 0 Å². The van der Waals surface area contributed by atoms with E-state index in [2.05, 4.69) is 4.74 Å². The molecule has 1 aromatic rings. The lowest BCUT2D eigenvalue weighted by molar-refractivity contribution is -0.138. The number of rotatable bonds is 6. The first-order chi connectivity index (χ1) is 10.7. The van der Waals surface area contributed by atoms with E-state index in [0.29, 0.717) is 0 Å². The van der Waals surface area contributed by atoms with Crippen LogP contribution in [0.15, 0.2) is 24.3 Å². The first-order valence-electron chi connectivity index (χ1n) is 6.85. The Hall–Kier alpha value is -1.61. The van der Waals surface area contributed by atoms with Gasteiger partial charge in [0.15, 0.2) is 0 Å². The summed E-state index contributed by atoms with van der Waals surface area (Å²) < 4.78 is 68.6. The second-order valence-electron chi connectivity index (χ2n) is 5.31. The zero-order valence-corrected chi connectivity index (χ0v) is 13.1. The van der Waals surface area contributed by atoms with Crippen LogP contribution in [-0.4, -0.2) is 33.8 Å². The average molecular weight is 351 g/mol. The van der Waals surface area contributed by atoms with Crippen LogP contribution in [0, 0.1) is 5.92 Å². The van der Waals surface area contributed by atoms with Gasteiger partial charge in [-0.25, -0.2) is 8.42 Å². The molecule has 128 valence electrons. The topological polar surface area (TPSA) is 72.5 Å². The molecule has 0 aliphatic heterocycles. The van der Waals surface area contributed by atoms with Crippen LogP contribution in [0.1, 0.15) is 23.5 Å². The summed E-state index contributed by atoms with van der Waals surface area (Å²) >= 11 is 0. The summed E-state index contributed by atoms with van der Waals surface area (Å²) in [6, 6.07) is 5.02. The predicted octanol–water partition coefficient (Wildman–Crippen LogP) is 1.90. The van der Waals surface area contributed by atoms with Gasteiger partial charge in [0.05, 0.1) is 17.9 Å². The van der Waals surface area contributed by atoms with Crippen LogP contribution in [0.3, 0.4) is 0 Å². The van der Waals surface area contributed by atoms with Crippen LogP contribution in [0.4, 0.5) is 13.2 Å². The van der Waals surface area contributed by atoms with Gasteiger partial charge in [-0.3, -0.25) is 9.52 Å². The van der Waals surface area contributed by atoms with E-state index >= 15 is 0 Å². The van der Waals surface area contributed by atoms with Crippen molar-refractivity contribution in [2.45, 2.75) is 18.5 Å². The number of halogens is 3. The Morgan fingerprint density at radius 3 is 2.61 bits per heavy atom. The summed E-state index contributed by atoms with van der Waals surface area (Å²) in [7, 11) is -2.52. The molecule has 1 amide bonds. The first-order valence-corrected chi connectivity index (χ1v) is 8.50. The van der Waals surface area contributed by atoms with Gasteiger partial charge in [-0.05, 0) is 24.0 Å². The molecular formula is C14H16F3NO4S. The fourth-order valence-electron chi connectivity index (χ4n) is 2.38. The summed E-state index contributed by atoms with van der Waals surface area (Å²) in [6.45, 7) is -0.0758. The number of alkyl halides is 3. The fraction of sp³-hybridized carbons (Fsp3) is 0.500. The van der Waals surface area contributed by atoms with E-state index in [1.165, 1.54) is 25.3 Å². The maximum atomic E-state index is 13.0. The molecule has 1 aliphatic carbocycles. The van der Waals surface area contributed by atoms with Crippen molar-refractivity contribution >= 4 is 15.9 Å². The largest absolute Gasteiger partial charge is 0.416 e. The van der Waals surface area contributed by atoms with E-state index < -0.39 is 39.5 Å². The van der Waals surface area contributed by atoms with E-state index in [4.69, 9.17) is 0 Å². The number of carbonyl (C=O) groups is 1. The number of sulfonamides is 1. The smallest absolute Gasteiger partial charge is 0.384 e. The van der Waals surface area contributed by atoms with Gasteiger partial charge in [0, 0.05) is 13.0 Å². The minimum Gasteiger partial charge on any atom is -0.384 e. The Balaban J connectivity index is 2.07. The molecule has 2 atom stereocenters. The molecule has 1 fully saturated rings. The standard InChI is InChI=1S/C14H16F3NO4S/c1-22-6-7-23(20,21)18-13(19)11-8-10(11)9-4-2-3-5-12(9)14(15,16)17/h2-5,10-11H,6-8H2,1H3,(H,18,19). The Kier molecular flexibility index (Phi) is 5.00. The Morgan fingerprint density at radius 2 is 2.00 bits per heavy atom. The second kappa shape index (κ2) is 6.48. The summed E-state index contributed by atoms with van der Waals surface area (Å²) in [5.74, 6) is -2.55. The maximum Gasteiger partial charge on any atom is 0.416 e. The predicted molar refractivity (Wildman–Crippen MR) is 76.1 cm³/mol. The van der Waals surface area contributed by atoms with Crippen LogP contribution in [0.2, 0.25) is 0 Å². The number of nitrogens with one attached hydrogen (secondary N) is 1. The van der Waals surface area contributed by atoms with Crippen molar-refractivity contribution in [1.82, 2.24) is 4.72 Å². The second-order valence-corrected chi connectivity index (χ2v) is 7.15. The number of hydrogen-bond donors (Lipinski definition) is 1. The third kappa shape index (κ3) is 4.44. The van der Waals surface area contributed by atoms with Crippen molar-refractivity contribution in [3.63, 3.8) is 0 Å². The highest BCUT2D eigenvalue weighted by Gasteiger charge is 2.48. The lowest BCUT2D eigenvalue weighted by atomic mass is 10.0. The highest BCUT2D eigenvalue weighted by Crippen LogP contribution is 2.51. The summed E-state index contributed by atoms with van der Waals surface area (Å²) in [6.07, 6.45) is -4.32. The van der Waals surface area contributed by atoms with E-state index in [1.807, 2.05) is 4.72 Å². The summed E-state index contributed by atoms with van der Waals surface area (Å²) in [5, 5.41) is 0. The van der Waals surface area contributed by atoms with E-state index in [1.54, 1.807) is 0 Å². The number of ether oxygens (including phenoxy) is 1. The molecule has 23 heavy (non-hydrogen) atoms. The van der Waals surface area contributed by atoms with Gasteiger partial charge in [-0.2, -0.15) is 13.2 Å². The van der Waals surface area contributed by atoms with Gasteiger partial charge in [0.2, 0.25) is 15.9 Å². The van der Waals surface area contributed by atoms with Gasteiger partial charge >= 0.3 is 6.18 Å². The minimum absolute atomic E-state index is 0.0226. The lowest BCUT2D eigenvalue weighted by Crippen LogP contribution is -2.35. The van der Waals surface area contributed by atoms with Gasteiger partial charge < -0.3 is 4.74 Å². The minimum atomic E-state index is -4.51. The Morgan fingerprint density at radius 1 is 1.35 bits per heavy atom. The molecule has 0 spiro atoms. The van der Waals surface area contributed by atoms with Crippen molar-refractivity contribution in [3.05, 3.63) is 35.4 Å². The third-order valence-electron chi connectivity index (χ3n) is 3.61. The fourth-order valence-corrected chi connectivity index (χ4v) is 3.33. The molecule has 0 bridgehead atoms. The SMILES string of the molecule is COCCS(=O)(=O)NC(=O)C1CC1c1ccccc1C(F)(F)F. The monoisotopic (exact) mass is 351 g/mol. The highest BCUT2D eigenvalue weighted by atomic mass is 32.2. The number of carbonyl (C=O) groups excluding carboxylic acids is 1. The van der Waals surface area contributed by atoms with E-state index in [-0.39, 0.29) is 24.3 Å². The van der Waals surface area contributed by atoms with Gasteiger partial charge in [-0.15, -0.1) is 0 Å². The number of methoxy groups -OCH3 is 1.